The van der Waals surface area contributed by atoms with Crippen LogP contribution in [0, 0.1) is 13.8 Å². The molecule has 5 rings (SSSR count). The van der Waals surface area contributed by atoms with Crippen LogP contribution >= 0.6 is 51.5 Å². The maximum absolute atomic E-state index is 13.8. The summed E-state index contributed by atoms with van der Waals surface area (Å²) < 4.78 is 6.72. The number of hydrogen-bond acceptors (Lipinski definition) is 5. The van der Waals surface area contributed by atoms with Gasteiger partial charge in [-0.2, -0.15) is 0 Å². The van der Waals surface area contributed by atoms with E-state index >= 15 is 0 Å². The molecule has 1 saturated heterocycles. The van der Waals surface area contributed by atoms with Crippen LogP contribution in [0.1, 0.15) is 16.9 Å². The van der Waals surface area contributed by atoms with E-state index in [4.69, 9.17) is 28.2 Å². The maximum atomic E-state index is 13.8. The molecule has 0 unspecified atom stereocenters. The highest BCUT2D eigenvalue weighted by atomic mass is 79.9. The number of para-hydroxylation sites is 1. The van der Waals surface area contributed by atoms with E-state index in [1.54, 1.807) is 30.3 Å². The second kappa shape index (κ2) is 10.9. The highest BCUT2D eigenvalue weighted by Gasteiger charge is 2.41. The SMILES string of the molecule is Cc1ccc(N2C(=O)/C(=C\c3cc(Br)c(Sc4ccc(Cl)cc4)o3)C(=O)N(c3ccccc3)C2=S)cc1C. The van der Waals surface area contributed by atoms with E-state index < -0.39 is 11.8 Å². The van der Waals surface area contributed by atoms with Gasteiger partial charge in [0.15, 0.2) is 10.2 Å². The fourth-order valence-electron chi connectivity index (χ4n) is 3.89. The predicted molar refractivity (Wildman–Crippen MR) is 160 cm³/mol. The minimum atomic E-state index is -0.522. The number of furan rings is 1. The molecule has 2 heterocycles. The fraction of sp³-hybridized carbons (Fsp3) is 0.0690. The molecule has 0 aliphatic carbocycles. The Balaban J connectivity index is 1.57. The minimum absolute atomic E-state index is 0.0648. The van der Waals surface area contributed by atoms with Crippen molar-refractivity contribution in [3.05, 3.63) is 111 Å². The summed E-state index contributed by atoms with van der Waals surface area (Å²) in [6.07, 6.45) is 1.47. The van der Waals surface area contributed by atoms with Crippen molar-refractivity contribution in [3.63, 3.8) is 0 Å². The number of rotatable bonds is 5. The van der Waals surface area contributed by atoms with E-state index in [9.17, 15) is 9.59 Å². The summed E-state index contributed by atoms with van der Waals surface area (Å²) in [4.78, 5) is 31.2. The van der Waals surface area contributed by atoms with Crippen molar-refractivity contribution in [3.8, 4) is 0 Å². The van der Waals surface area contributed by atoms with Gasteiger partial charge in [-0.05, 0) is 114 Å². The third-order valence-electron chi connectivity index (χ3n) is 6.00. The lowest BCUT2D eigenvalue weighted by Gasteiger charge is -2.36. The quantitative estimate of drug-likeness (QED) is 0.127. The van der Waals surface area contributed by atoms with Crippen molar-refractivity contribution in [1.82, 2.24) is 0 Å². The number of carbonyl (C=O) groups excluding carboxylic acids is 2. The first-order valence-electron chi connectivity index (χ1n) is 11.5. The van der Waals surface area contributed by atoms with Crippen LogP contribution in [0.4, 0.5) is 11.4 Å². The van der Waals surface area contributed by atoms with Gasteiger partial charge >= 0.3 is 0 Å². The number of anilines is 2. The zero-order chi connectivity index (χ0) is 27.0. The summed E-state index contributed by atoms with van der Waals surface area (Å²) in [5, 5.41) is 1.31. The van der Waals surface area contributed by atoms with Crippen molar-refractivity contribution < 1.29 is 14.0 Å². The average Bonchev–Trinajstić information content (AvgIpc) is 3.24. The first kappa shape index (κ1) is 26.4. The average molecular weight is 624 g/mol. The van der Waals surface area contributed by atoms with E-state index in [1.807, 2.05) is 62.4 Å². The monoisotopic (exact) mass is 622 g/mol. The number of amides is 2. The van der Waals surface area contributed by atoms with Crippen molar-refractivity contribution >= 4 is 85.9 Å². The molecule has 4 aromatic rings. The molecule has 5 nitrogen and oxygen atoms in total. The Morgan fingerprint density at radius 3 is 2.18 bits per heavy atom. The molecule has 9 heteroatoms. The van der Waals surface area contributed by atoms with Gasteiger partial charge in [0.1, 0.15) is 11.3 Å². The molecular formula is C29H20BrClN2O3S2. The van der Waals surface area contributed by atoms with Gasteiger partial charge in [-0.25, -0.2) is 0 Å². The minimum Gasteiger partial charge on any atom is -0.449 e. The number of halogens is 2. The molecule has 1 fully saturated rings. The van der Waals surface area contributed by atoms with Gasteiger partial charge in [-0.3, -0.25) is 19.4 Å². The van der Waals surface area contributed by atoms with E-state index in [0.29, 0.717) is 31.7 Å². The van der Waals surface area contributed by atoms with E-state index in [0.717, 1.165) is 16.0 Å². The van der Waals surface area contributed by atoms with Crippen molar-refractivity contribution in [2.45, 2.75) is 23.8 Å². The molecule has 190 valence electrons. The number of aryl methyl sites for hydroxylation is 2. The summed E-state index contributed by atoms with van der Waals surface area (Å²) in [5.41, 5.74) is 3.18. The molecule has 1 aliphatic heterocycles. The lowest BCUT2D eigenvalue weighted by atomic mass is 10.1. The summed E-state index contributed by atoms with van der Waals surface area (Å²) >= 11 is 16.6. The number of carbonyl (C=O) groups is 2. The van der Waals surface area contributed by atoms with Crippen molar-refractivity contribution in [2.24, 2.45) is 0 Å². The molecule has 0 saturated carbocycles. The highest BCUT2D eigenvalue weighted by Crippen LogP contribution is 2.38. The number of benzene rings is 3. The van der Waals surface area contributed by atoms with Crippen molar-refractivity contribution in [2.75, 3.05) is 9.80 Å². The van der Waals surface area contributed by atoms with Gasteiger partial charge in [-0.15, -0.1) is 0 Å². The van der Waals surface area contributed by atoms with Gasteiger partial charge in [0.25, 0.3) is 11.8 Å². The Kier molecular flexibility index (Phi) is 7.59. The Morgan fingerprint density at radius 2 is 1.53 bits per heavy atom. The first-order valence-corrected chi connectivity index (χ1v) is 13.9. The van der Waals surface area contributed by atoms with Crippen LogP contribution in [0.2, 0.25) is 5.02 Å². The zero-order valence-corrected chi connectivity index (χ0v) is 24.2. The second-order valence-electron chi connectivity index (χ2n) is 8.57. The van der Waals surface area contributed by atoms with Crippen LogP contribution in [0.15, 0.2) is 103 Å². The molecule has 0 spiro atoms. The molecule has 1 aromatic heterocycles. The lowest BCUT2D eigenvalue weighted by molar-refractivity contribution is -0.120. The highest BCUT2D eigenvalue weighted by molar-refractivity contribution is 9.10. The van der Waals surface area contributed by atoms with Crippen LogP contribution in [-0.2, 0) is 9.59 Å². The summed E-state index contributed by atoms with van der Waals surface area (Å²) in [5.74, 6) is -0.688. The first-order chi connectivity index (χ1) is 18.2. The molecule has 0 bridgehead atoms. The third-order valence-corrected chi connectivity index (χ3v) is 8.46. The Hall–Kier alpha value is -3.17. The number of thiocarbonyl (C=S) groups is 1. The summed E-state index contributed by atoms with van der Waals surface area (Å²) in [7, 11) is 0. The van der Waals surface area contributed by atoms with Crippen LogP contribution in [0.3, 0.4) is 0 Å². The van der Waals surface area contributed by atoms with Gasteiger partial charge in [0.05, 0.1) is 15.8 Å². The van der Waals surface area contributed by atoms with Gasteiger partial charge in [0.2, 0.25) is 0 Å². The topological polar surface area (TPSA) is 53.8 Å². The normalized spacial score (nSPS) is 15.1. The molecule has 0 atom stereocenters. The summed E-state index contributed by atoms with van der Waals surface area (Å²) in [6, 6.07) is 23.8. The van der Waals surface area contributed by atoms with Gasteiger partial charge in [-0.1, -0.05) is 47.6 Å². The maximum Gasteiger partial charge on any atom is 0.270 e. The van der Waals surface area contributed by atoms with E-state index in [1.165, 1.54) is 27.6 Å². The van der Waals surface area contributed by atoms with Crippen molar-refractivity contribution in [1.29, 1.82) is 0 Å². The Morgan fingerprint density at radius 1 is 0.868 bits per heavy atom. The van der Waals surface area contributed by atoms with E-state index in [2.05, 4.69) is 15.9 Å². The molecule has 1 aliphatic rings. The zero-order valence-electron chi connectivity index (χ0n) is 20.3. The number of nitrogens with zero attached hydrogens (tertiary/aromatic N) is 2. The standard InChI is InChI=1S/C29H20BrClN2O3S2/c1-17-8-11-21(14-18(17)2)33-27(35)24(26(34)32(29(33)37)20-6-4-3-5-7-20)15-22-16-25(30)28(36-22)38-23-12-9-19(31)10-13-23/h3-16H,1-2H3/b24-15-. The van der Waals surface area contributed by atoms with Crippen LogP contribution in [0.5, 0.6) is 0 Å². The molecule has 3 aromatic carbocycles. The van der Waals surface area contributed by atoms with Gasteiger partial charge in [0, 0.05) is 9.92 Å². The molecular weight excluding hydrogens is 604 g/mol. The fourth-order valence-corrected chi connectivity index (χ4v) is 5.72. The smallest absolute Gasteiger partial charge is 0.270 e. The predicted octanol–water partition coefficient (Wildman–Crippen LogP) is 8.21. The largest absolute Gasteiger partial charge is 0.449 e. The molecule has 38 heavy (non-hydrogen) atoms. The third kappa shape index (κ3) is 5.22. The lowest BCUT2D eigenvalue weighted by Crippen LogP contribution is -2.57. The van der Waals surface area contributed by atoms with Crippen LogP contribution < -0.4 is 9.80 Å². The molecule has 0 radical (unpaired) electrons. The van der Waals surface area contributed by atoms with Gasteiger partial charge < -0.3 is 4.42 Å². The Bertz CT molecular complexity index is 1600. The number of hydrogen-bond donors (Lipinski definition) is 0. The van der Waals surface area contributed by atoms with E-state index in [-0.39, 0.29) is 10.7 Å². The Labute approximate surface area is 243 Å². The molecule has 2 amide bonds. The molecule has 0 N–H and O–H groups in total. The second-order valence-corrected chi connectivity index (χ2v) is 11.3. The van der Waals surface area contributed by atoms with Crippen LogP contribution in [0.25, 0.3) is 6.08 Å². The van der Waals surface area contributed by atoms with Crippen LogP contribution in [-0.4, -0.2) is 16.9 Å². The summed E-state index contributed by atoms with van der Waals surface area (Å²) in [6.45, 7) is 3.96.